The first-order valence-corrected chi connectivity index (χ1v) is 5.77. The zero-order valence-corrected chi connectivity index (χ0v) is 10.0. The SMILES string of the molecule is Fc1ccc(-c2nc3ccccc3[nH]2)cc1C(F)(F)F. The molecular weight excluding hydrogens is 272 g/mol. The number of H-pyrrole nitrogens is 1. The van der Waals surface area contributed by atoms with Crippen molar-refractivity contribution in [3.63, 3.8) is 0 Å². The molecule has 0 atom stereocenters. The third-order valence-corrected chi connectivity index (χ3v) is 2.93. The largest absolute Gasteiger partial charge is 0.419 e. The molecule has 2 aromatic carbocycles. The molecule has 3 rings (SSSR count). The summed E-state index contributed by atoms with van der Waals surface area (Å²) in [4.78, 5) is 7.10. The summed E-state index contributed by atoms with van der Waals surface area (Å²) in [5.41, 5.74) is 0.242. The smallest absolute Gasteiger partial charge is 0.338 e. The Morgan fingerprint density at radius 1 is 1.00 bits per heavy atom. The van der Waals surface area contributed by atoms with Gasteiger partial charge in [0.25, 0.3) is 0 Å². The van der Waals surface area contributed by atoms with E-state index in [1.54, 1.807) is 24.3 Å². The highest BCUT2D eigenvalue weighted by Gasteiger charge is 2.34. The van der Waals surface area contributed by atoms with Crippen LogP contribution in [0.25, 0.3) is 22.4 Å². The van der Waals surface area contributed by atoms with Gasteiger partial charge in [0.05, 0.1) is 16.6 Å². The molecule has 0 aliphatic rings. The number of imidazole rings is 1. The average Bonchev–Trinajstić information content (AvgIpc) is 2.81. The average molecular weight is 280 g/mol. The van der Waals surface area contributed by atoms with Crippen LogP contribution in [-0.4, -0.2) is 9.97 Å². The summed E-state index contributed by atoms with van der Waals surface area (Å²) in [7, 11) is 0. The van der Waals surface area contributed by atoms with Gasteiger partial charge in [0.2, 0.25) is 0 Å². The Kier molecular flexibility index (Phi) is 2.74. The number of nitrogens with zero attached hydrogens (tertiary/aromatic N) is 1. The number of benzene rings is 2. The summed E-state index contributed by atoms with van der Waals surface area (Å²) in [6, 6.07) is 9.89. The second-order valence-corrected chi connectivity index (χ2v) is 4.29. The van der Waals surface area contributed by atoms with Crippen molar-refractivity contribution < 1.29 is 17.6 Å². The van der Waals surface area contributed by atoms with Crippen LogP contribution in [0.3, 0.4) is 0 Å². The van der Waals surface area contributed by atoms with Crippen LogP contribution in [0.4, 0.5) is 17.6 Å². The molecule has 102 valence electrons. The Hall–Kier alpha value is -2.37. The van der Waals surface area contributed by atoms with Gasteiger partial charge in [-0.05, 0) is 30.3 Å². The molecule has 0 radical (unpaired) electrons. The molecule has 0 saturated carbocycles. The summed E-state index contributed by atoms with van der Waals surface area (Å²) in [5.74, 6) is -1.02. The molecule has 1 N–H and O–H groups in total. The molecule has 1 aromatic heterocycles. The second-order valence-electron chi connectivity index (χ2n) is 4.29. The maximum absolute atomic E-state index is 13.2. The summed E-state index contributed by atoms with van der Waals surface area (Å²) in [5, 5.41) is 0. The number of rotatable bonds is 1. The number of para-hydroxylation sites is 2. The van der Waals surface area contributed by atoms with Crippen LogP contribution in [-0.2, 0) is 6.18 Å². The third-order valence-electron chi connectivity index (χ3n) is 2.93. The number of fused-ring (bicyclic) bond motifs is 1. The predicted octanol–water partition coefficient (Wildman–Crippen LogP) is 4.39. The maximum atomic E-state index is 13.2. The van der Waals surface area contributed by atoms with Gasteiger partial charge in [-0.1, -0.05) is 12.1 Å². The van der Waals surface area contributed by atoms with Gasteiger partial charge in [-0.3, -0.25) is 0 Å². The minimum Gasteiger partial charge on any atom is -0.338 e. The van der Waals surface area contributed by atoms with Gasteiger partial charge >= 0.3 is 6.18 Å². The minimum absolute atomic E-state index is 0.190. The van der Waals surface area contributed by atoms with Crippen LogP contribution in [0.15, 0.2) is 42.5 Å². The third kappa shape index (κ3) is 2.13. The van der Waals surface area contributed by atoms with Crippen molar-refractivity contribution in [2.45, 2.75) is 6.18 Å². The second kappa shape index (κ2) is 4.33. The first-order chi connectivity index (χ1) is 9.45. The first kappa shape index (κ1) is 12.7. The van der Waals surface area contributed by atoms with Crippen LogP contribution in [0.5, 0.6) is 0 Å². The predicted molar refractivity (Wildman–Crippen MR) is 66.5 cm³/mol. The lowest BCUT2D eigenvalue weighted by atomic mass is 10.1. The number of aromatic nitrogens is 2. The van der Waals surface area contributed by atoms with Crippen molar-refractivity contribution in [3.8, 4) is 11.4 Å². The van der Waals surface area contributed by atoms with E-state index in [4.69, 9.17) is 0 Å². The van der Waals surface area contributed by atoms with Crippen LogP contribution in [0.2, 0.25) is 0 Å². The zero-order valence-electron chi connectivity index (χ0n) is 10.0. The molecule has 0 spiro atoms. The molecule has 0 aliphatic heterocycles. The Morgan fingerprint density at radius 3 is 2.45 bits per heavy atom. The maximum Gasteiger partial charge on any atom is 0.419 e. The molecule has 20 heavy (non-hydrogen) atoms. The van der Waals surface area contributed by atoms with E-state index in [0.717, 1.165) is 12.1 Å². The quantitative estimate of drug-likeness (QED) is 0.658. The fourth-order valence-corrected chi connectivity index (χ4v) is 1.98. The summed E-state index contributed by atoms with van der Waals surface area (Å²) in [6.45, 7) is 0. The molecule has 2 nitrogen and oxygen atoms in total. The fourth-order valence-electron chi connectivity index (χ4n) is 1.98. The van der Waals surface area contributed by atoms with Gasteiger partial charge < -0.3 is 4.98 Å². The molecule has 0 fully saturated rings. The molecule has 0 bridgehead atoms. The van der Waals surface area contributed by atoms with E-state index in [1.165, 1.54) is 6.07 Å². The number of nitrogens with one attached hydrogen (secondary N) is 1. The fraction of sp³-hybridized carbons (Fsp3) is 0.0714. The Morgan fingerprint density at radius 2 is 1.75 bits per heavy atom. The van der Waals surface area contributed by atoms with Crippen LogP contribution in [0.1, 0.15) is 5.56 Å². The van der Waals surface area contributed by atoms with Gasteiger partial charge in [0.15, 0.2) is 0 Å². The number of hydrogen-bond donors (Lipinski definition) is 1. The van der Waals surface area contributed by atoms with Gasteiger partial charge in [-0.2, -0.15) is 13.2 Å². The molecule has 3 aromatic rings. The molecule has 0 aliphatic carbocycles. The topological polar surface area (TPSA) is 28.7 Å². The number of hydrogen-bond acceptors (Lipinski definition) is 1. The summed E-state index contributed by atoms with van der Waals surface area (Å²) in [6.07, 6.45) is -4.73. The van der Waals surface area contributed by atoms with Gasteiger partial charge in [0.1, 0.15) is 11.6 Å². The molecule has 0 saturated heterocycles. The normalized spacial score (nSPS) is 12.0. The van der Waals surface area contributed by atoms with Crippen molar-refractivity contribution in [2.24, 2.45) is 0 Å². The van der Waals surface area contributed by atoms with E-state index < -0.39 is 17.6 Å². The van der Waals surface area contributed by atoms with Crippen molar-refractivity contribution in [3.05, 3.63) is 53.8 Å². The highest BCUT2D eigenvalue weighted by Crippen LogP contribution is 2.34. The van der Waals surface area contributed by atoms with E-state index in [2.05, 4.69) is 9.97 Å². The molecule has 6 heteroatoms. The van der Waals surface area contributed by atoms with Crippen molar-refractivity contribution in [2.75, 3.05) is 0 Å². The van der Waals surface area contributed by atoms with E-state index >= 15 is 0 Å². The highest BCUT2D eigenvalue weighted by atomic mass is 19.4. The summed E-state index contributed by atoms with van der Waals surface area (Å²) < 4.78 is 51.3. The monoisotopic (exact) mass is 280 g/mol. The summed E-state index contributed by atoms with van der Waals surface area (Å²) >= 11 is 0. The first-order valence-electron chi connectivity index (χ1n) is 5.77. The Labute approximate surface area is 111 Å². The van der Waals surface area contributed by atoms with Crippen LogP contribution < -0.4 is 0 Å². The highest BCUT2D eigenvalue weighted by molar-refractivity contribution is 5.79. The number of halogens is 4. The van der Waals surface area contributed by atoms with Gasteiger partial charge in [-0.15, -0.1) is 0 Å². The van der Waals surface area contributed by atoms with Gasteiger partial charge in [-0.25, -0.2) is 9.37 Å². The number of alkyl halides is 3. The zero-order chi connectivity index (χ0) is 14.3. The van der Waals surface area contributed by atoms with E-state index in [9.17, 15) is 17.6 Å². The molecule has 0 amide bonds. The molecule has 1 heterocycles. The molecule has 0 unspecified atom stereocenters. The lowest BCUT2D eigenvalue weighted by Gasteiger charge is -2.08. The van der Waals surface area contributed by atoms with Gasteiger partial charge in [0, 0.05) is 5.56 Å². The van der Waals surface area contributed by atoms with Crippen LogP contribution >= 0.6 is 0 Å². The van der Waals surface area contributed by atoms with E-state index in [-0.39, 0.29) is 11.4 Å². The Bertz CT molecular complexity index is 741. The van der Waals surface area contributed by atoms with E-state index in [0.29, 0.717) is 11.0 Å². The Balaban J connectivity index is 2.14. The molecular formula is C14H8F4N2. The standard InChI is InChI=1S/C14H8F4N2/c15-10-6-5-8(7-9(10)14(16,17)18)13-19-11-3-1-2-4-12(11)20-13/h1-7H,(H,19,20). The van der Waals surface area contributed by atoms with Crippen molar-refractivity contribution in [1.29, 1.82) is 0 Å². The van der Waals surface area contributed by atoms with E-state index in [1.807, 2.05) is 0 Å². The van der Waals surface area contributed by atoms with Crippen molar-refractivity contribution >= 4 is 11.0 Å². The number of aromatic amines is 1. The lowest BCUT2D eigenvalue weighted by Crippen LogP contribution is -2.08. The minimum atomic E-state index is -4.73. The lowest BCUT2D eigenvalue weighted by molar-refractivity contribution is -0.139. The van der Waals surface area contributed by atoms with Crippen molar-refractivity contribution in [1.82, 2.24) is 9.97 Å². The van der Waals surface area contributed by atoms with Crippen LogP contribution in [0, 0.1) is 5.82 Å².